The summed E-state index contributed by atoms with van der Waals surface area (Å²) in [5.41, 5.74) is 0.879. The Kier molecular flexibility index (Phi) is 3.15. The van der Waals surface area contributed by atoms with Crippen molar-refractivity contribution in [1.29, 1.82) is 0 Å². The van der Waals surface area contributed by atoms with Gasteiger partial charge in [0.1, 0.15) is 11.6 Å². The lowest BCUT2D eigenvalue weighted by Gasteiger charge is -2.11. The lowest BCUT2D eigenvalue weighted by molar-refractivity contribution is 0.605. The Morgan fingerprint density at radius 2 is 2.24 bits per heavy atom. The largest absolute Gasteiger partial charge is 0.363 e. The van der Waals surface area contributed by atoms with Crippen LogP contribution in [0.3, 0.4) is 0 Å². The van der Waals surface area contributed by atoms with Crippen LogP contribution in [-0.4, -0.2) is 30.2 Å². The highest BCUT2D eigenvalue weighted by Gasteiger charge is 2.21. The van der Waals surface area contributed by atoms with Crippen LogP contribution >= 0.6 is 0 Å². The molecule has 92 valence electrons. The van der Waals surface area contributed by atoms with E-state index < -0.39 is 9.84 Å². The summed E-state index contributed by atoms with van der Waals surface area (Å²) in [6.07, 6.45) is 2.41. The second-order valence-corrected chi connectivity index (χ2v) is 6.00. The zero-order valence-corrected chi connectivity index (χ0v) is 10.7. The molecule has 1 atom stereocenters. The van der Waals surface area contributed by atoms with Gasteiger partial charge in [-0.15, -0.1) is 0 Å². The minimum Gasteiger partial charge on any atom is -0.363 e. The molecule has 0 aromatic carbocycles. The first-order valence-electron chi connectivity index (χ1n) is 5.50. The molecule has 0 spiro atoms. The van der Waals surface area contributed by atoms with Crippen LogP contribution in [0.2, 0.25) is 0 Å². The molecule has 1 N–H and O–H groups in total. The predicted molar refractivity (Wildman–Crippen MR) is 66.5 cm³/mol. The molecular formula is C11H15N3O2S. The van der Waals surface area contributed by atoms with E-state index in [2.05, 4.69) is 15.3 Å². The highest BCUT2D eigenvalue weighted by Crippen LogP contribution is 2.14. The molecule has 1 aromatic heterocycles. The van der Waals surface area contributed by atoms with E-state index in [0.717, 1.165) is 17.9 Å². The molecule has 0 saturated heterocycles. The summed E-state index contributed by atoms with van der Waals surface area (Å²) in [6, 6.07) is 1.62. The molecule has 1 aromatic rings. The van der Waals surface area contributed by atoms with Crippen molar-refractivity contribution in [3.05, 3.63) is 29.1 Å². The zero-order valence-electron chi connectivity index (χ0n) is 9.84. The minimum atomic E-state index is -3.03. The van der Waals surface area contributed by atoms with Gasteiger partial charge in [-0.25, -0.2) is 18.4 Å². The monoisotopic (exact) mass is 253 g/mol. The highest BCUT2D eigenvalue weighted by molar-refractivity contribution is 7.94. The third kappa shape index (κ3) is 3.03. The second kappa shape index (κ2) is 4.44. The quantitative estimate of drug-likeness (QED) is 0.872. The normalized spacial score (nSPS) is 21.6. The molecule has 1 unspecified atom stereocenters. The van der Waals surface area contributed by atoms with E-state index in [1.54, 1.807) is 6.08 Å². The maximum atomic E-state index is 11.3. The summed E-state index contributed by atoms with van der Waals surface area (Å²) in [5.74, 6) is 1.54. The number of sulfone groups is 1. The van der Waals surface area contributed by atoms with Crippen LogP contribution in [0.4, 0.5) is 5.82 Å². The van der Waals surface area contributed by atoms with Gasteiger partial charge in [-0.3, -0.25) is 0 Å². The van der Waals surface area contributed by atoms with Crippen molar-refractivity contribution in [3.8, 4) is 0 Å². The Morgan fingerprint density at radius 1 is 1.47 bits per heavy atom. The van der Waals surface area contributed by atoms with Gasteiger partial charge in [0.2, 0.25) is 0 Å². The second-order valence-electron chi connectivity index (χ2n) is 4.07. The molecule has 0 aliphatic carbocycles. The van der Waals surface area contributed by atoms with Crippen molar-refractivity contribution >= 4 is 15.7 Å². The number of rotatable bonds is 3. The highest BCUT2D eigenvalue weighted by atomic mass is 32.2. The molecule has 2 heterocycles. The molecule has 2 rings (SSSR count). The van der Waals surface area contributed by atoms with Crippen molar-refractivity contribution in [1.82, 2.24) is 9.97 Å². The summed E-state index contributed by atoms with van der Waals surface area (Å²) >= 11 is 0. The van der Waals surface area contributed by atoms with Crippen LogP contribution < -0.4 is 5.32 Å². The first-order valence-corrected chi connectivity index (χ1v) is 7.22. The molecule has 0 bridgehead atoms. The first-order chi connectivity index (χ1) is 7.98. The molecule has 5 nitrogen and oxygen atoms in total. The van der Waals surface area contributed by atoms with Gasteiger partial charge in [0.15, 0.2) is 9.84 Å². The summed E-state index contributed by atoms with van der Waals surface area (Å²) in [5, 5.41) is 4.34. The lowest BCUT2D eigenvalue weighted by atomic mass is 10.3. The third-order valence-corrected chi connectivity index (χ3v) is 3.88. The number of hydrogen-bond donors (Lipinski definition) is 1. The van der Waals surface area contributed by atoms with Crippen LogP contribution in [0.25, 0.3) is 0 Å². The summed E-state index contributed by atoms with van der Waals surface area (Å²) < 4.78 is 22.5. The van der Waals surface area contributed by atoms with Crippen LogP contribution in [0.1, 0.15) is 18.4 Å². The first kappa shape index (κ1) is 12.0. The molecular weight excluding hydrogens is 238 g/mol. The fraction of sp³-hybridized carbons (Fsp3) is 0.455. The molecule has 0 saturated carbocycles. The smallest absolute Gasteiger partial charge is 0.173 e. The minimum absolute atomic E-state index is 0.0948. The van der Waals surface area contributed by atoms with E-state index in [-0.39, 0.29) is 11.8 Å². The van der Waals surface area contributed by atoms with Gasteiger partial charge in [-0.2, -0.15) is 0 Å². The number of aryl methyl sites for hydroxylation is 2. The molecule has 1 aliphatic heterocycles. The maximum absolute atomic E-state index is 11.3. The number of nitrogens with zero attached hydrogens (tertiary/aromatic N) is 2. The average Bonchev–Trinajstić information content (AvgIpc) is 2.57. The van der Waals surface area contributed by atoms with E-state index in [1.165, 1.54) is 5.41 Å². The van der Waals surface area contributed by atoms with Gasteiger partial charge in [0.25, 0.3) is 0 Å². The zero-order chi connectivity index (χ0) is 12.5. The van der Waals surface area contributed by atoms with Crippen molar-refractivity contribution in [3.63, 3.8) is 0 Å². The number of nitrogens with one attached hydrogen (secondary N) is 1. The summed E-state index contributed by atoms with van der Waals surface area (Å²) in [7, 11) is -3.03. The Hall–Kier alpha value is -1.43. The van der Waals surface area contributed by atoms with Gasteiger partial charge in [-0.1, -0.05) is 6.92 Å². The molecule has 0 radical (unpaired) electrons. The van der Waals surface area contributed by atoms with E-state index in [1.807, 2.05) is 19.9 Å². The van der Waals surface area contributed by atoms with Crippen LogP contribution in [0.15, 0.2) is 17.6 Å². The van der Waals surface area contributed by atoms with Crippen LogP contribution in [0.5, 0.6) is 0 Å². The van der Waals surface area contributed by atoms with E-state index in [4.69, 9.17) is 0 Å². The Labute approximate surface area is 101 Å². The van der Waals surface area contributed by atoms with Gasteiger partial charge in [0.05, 0.1) is 11.8 Å². The average molecular weight is 253 g/mol. The van der Waals surface area contributed by atoms with Gasteiger partial charge in [-0.05, 0) is 13.0 Å². The standard InChI is InChI=1S/C11H15N3O2S/c1-3-10-12-8(2)6-11(14-10)13-9-4-5-17(15,16)7-9/h4-6,9H,3,7H2,1-2H3,(H,12,13,14). The summed E-state index contributed by atoms with van der Waals surface area (Å²) in [4.78, 5) is 8.58. The number of anilines is 1. The van der Waals surface area contributed by atoms with Crippen LogP contribution in [0, 0.1) is 6.92 Å². The van der Waals surface area contributed by atoms with Gasteiger partial charge in [0, 0.05) is 23.6 Å². The fourth-order valence-corrected chi connectivity index (χ4v) is 2.95. The lowest BCUT2D eigenvalue weighted by Crippen LogP contribution is -2.22. The SMILES string of the molecule is CCc1nc(C)cc(NC2C=CS(=O)(=O)C2)n1. The Bertz CT molecular complexity index is 552. The van der Waals surface area contributed by atoms with E-state index in [9.17, 15) is 8.42 Å². The molecule has 1 aliphatic rings. The van der Waals surface area contributed by atoms with Crippen molar-refractivity contribution in [2.45, 2.75) is 26.3 Å². The molecule has 0 fully saturated rings. The van der Waals surface area contributed by atoms with E-state index >= 15 is 0 Å². The van der Waals surface area contributed by atoms with Crippen molar-refractivity contribution < 1.29 is 8.42 Å². The topological polar surface area (TPSA) is 72.0 Å². The van der Waals surface area contributed by atoms with Gasteiger partial charge >= 0.3 is 0 Å². The molecule has 6 heteroatoms. The van der Waals surface area contributed by atoms with Crippen LogP contribution in [-0.2, 0) is 16.3 Å². The number of aromatic nitrogens is 2. The predicted octanol–water partition coefficient (Wildman–Crippen LogP) is 1.07. The summed E-state index contributed by atoms with van der Waals surface area (Å²) in [6.45, 7) is 3.88. The number of hydrogen-bond acceptors (Lipinski definition) is 5. The van der Waals surface area contributed by atoms with Crippen molar-refractivity contribution in [2.75, 3.05) is 11.1 Å². The van der Waals surface area contributed by atoms with E-state index in [0.29, 0.717) is 5.82 Å². The third-order valence-electron chi connectivity index (χ3n) is 2.48. The van der Waals surface area contributed by atoms with Gasteiger partial charge < -0.3 is 5.32 Å². The molecule has 0 amide bonds. The maximum Gasteiger partial charge on any atom is 0.173 e. The van der Waals surface area contributed by atoms with Crippen molar-refractivity contribution in [2.24, 2.45) is 0 Å². The Morgan fingerprint density at radius 3 is 2.82 bits per heavy atom. The Balaban J connectivity index is 2.15. The fourth-order valence-electron chi connectivity index (χ4n) is 1.72. The molecule has 17 heavy (non-hydrogen) atoms.